The third kappa shape index (κ3) is 2.79. The third-order valence-electron chi connectivity index (χ3n) is 3.54. The Labute approximate surface area is 115 Å². The van der Waals surface area contributed by atoms with Gasteiger partial charge in [-0.15, -0.1) is 5.10 Å². The van der Waals surface area contributed by atoms with Gasteiger partial charge in [0.15, 0.2) is 6.10 Å². The SMILES string of the molecule is O=C(O)C1CN(C(=O)Cn2cc(C3CC3)nn2)CCO1. The molecule has 0 bridgehead atoms. The van der Waals surface area contributed by atoms with Crippen LogP contribution in [-0.4, -0.2) is 62.7 Å². The minimum absolute atomic E-state index is 0.0817. The van der Waals surface area contributed by atoms with Crippen molar-refractivity contribution in [3.05, 3.63) is 11.9 Å². The van der Waals surface area contributed by atoms with E-state index in [0.717, 1.165) is 18.5 Å². The molecule has 1 saturated carbocycles. The van der Waals surface area contributed by atoms with Gasteiger partial charge in [-0.2, -0.15) is 0 Å². The van der Waals surface area contributed by atoms with Crippen LogP contribution in [0.4, 0.5) is 0 Å². The average Bonchev–Trinajstić information content (AvgIpc) is 3.20. The van der Waals surface area contributed by atoms with Crippen LogP contribution in [0.25, 0.3) is 0 Å². The second-order valence-electron chi connectivity index (χ2n) is 5.15. The summed E-state index contributed by atoms with van der Waals surface area (Å²) in [5, 5.41) is 16.9. The summed E-state index contributed by atoms with van der Waals surface area (Å²) < 4.78 is 6.60. The van der Waals surface area contributed by atoms with E-state index in [1.165, 1.54) is 9.58 Å². The van der Waals surface area contributed by atoms with Gasteiger partial charge in [0.1, 0.15) is 6.54 Å². The van der Waals surface area contributed by atoms with Crippen LogP contribution in [0, 0.1) is 0 Å². The highest BCUT2D eigenvalue weighted by atomic mass is 16.5. The van der Waals surface area contributed by atoms with Gasteiger partial charge in [-0.25, -0.2) is 9.48 Å². The Balaban J connectivity index is 1.58. The molecule has 1 aromatic heterocycles. The Hall–Kier alpha value is -1.96. The van der Waals surface area contributed by atoms with Gasteiger partial charge in [0.05, 0.1) is 18.8 Å². The molecule has 3 rings (SSSR count). The number of morpholine rings is 1. The Morgan fingerprint density at radius 2 is 2.25 bits per heavy atom. The van der Waals surface area contributed by atoms with Crippen LogP contribution in [0.5, 0.6) is 0 Å². The first kappa shape index (κ1) is 13.0. The highest BCUT2D eigenvalue weighted by molar-refractivity contribution is 5.78. The number of amides is 1. The van der Waals surface area contributed by atoms with E-state index in [4.69, 9.17) is 9.84 Å². The molecule has 0 aromatic carbocycles. The third-order valence-corrected chi connectivity index (χ3v) is 3.54. The molecular formula is C12H16N4O4. The van der Waals surface area contributed by atoms with Gasteiger partial charge in [-0.1, -0.05) is 5.21 Å². The van der Waals surface area contributed by atoms with Crippen molar-refractivity contribution in [1.82, 2.24) is 19.9 Å². The minimum atomic E-state index is -1.04. The molecule has 1 unspecified atom stereocenters. The molecule has 108 valence electrons. The van der Waals surface area contributed by atoms with E-state index in [2.05, 4.69) is 10.3 Å². The van der Waals surface area contributed by atoms with E-state index in [9.17, 15) is 9.59 Å². The molecule has 1 atom stereocenters. The fraction of sp³-hybridized carbons (Fsp3) is 0.667. The van der Waals surface area contributed by atoms with E-state index in [1.54, 1.807) is 6.20 Å². The molecule has 0 radical (unpaired) electrons. The number of hydrogen-bond acceptors (Lipinski definition) is 5. The lowest BCUT2D eigenvalue weighted by Gasteiger charge is -2.30. The van der Waals surface area contributed by atoms with Crippen LogP contribution in [-0.2, 0) is 20.9 Å². The standard InChI is InChI=1S/C12H16N4O4/c17-11(15-3-4-20-10(6-15)12(18)19)7-16-5-9(13-14-16)8-1-2-8/h5,8,10H,1-4,6-7H2,(H,18,19). The minimum Gasteiger partial charge on any atom is -0.479 e. The van der Waals surface area contributed by atoms with E-state index in [-0.39, 0.29) is 25.6 Å². The van der Waals surface area contributed by atoms with Crippen molar-refractivity contribution < 1.29 is 19.4 Å². The molecule has 2 fully saturated rings. The van der Waals surface area contributed by atoms with Crippen LogP contribution >= 0.6 is 0 Å². The van der Waals surface area contributed by atoms with Crippen molar-refractivity contribution in [2.45, 2.75) is 31.4 Å². The van der Waals surface area contributed by atoms with Gasteiger partial charge in [0.2, 0.25) is 5.91 Å². The number of nitrogens with zero attached hydrogens (tertiary/aromatic N) is 4. The number of carboxylic acids is 1. The molecule has 1 aliphatic heterocycles. The quantitative estimate of drug-likeness (QED) is 0.796. The number of carbonyl (C=O) groups excluding carboxylic acids is 1. The number of carboxylic acid groups (broad SMARTS) is 1. The van der Waals surface area contributed by atoms with E-state index in [1.807, 2.05) is 0 Å². The topological polar surface area (TPSA) is 97.6 Å². The van der Waals surface area contributed by atoms with Crippen LogP contribution in [0.3, 0.4) is 0 Å². The molecule has 1 saturated heterocycles. The predicted octanol–water partition coefficient (Wildman–Crippen LogP) is -0.532. The number of hydrogen-bond donors (Lipinski definition) is 1. The molecule has 8 nitrogen and oxygen atoms in total. The summed E-state index contributed by atoms with van der Waals surface area (Å²) in [5.41, 5.74) is 0.934. The Morgan fingerprint density at radius 3 is 2.95 bits per heavy atom. The number of carbonyl (C=O) groups is 2. The van der Waals surface area contributed by atoms with Crippen molar-refractivity contribution in [2.75, 3.05) is 19.7 Å². The summed E-state index contributed by atoms with van der Waals surface area (Å²) in [6, 6.07) is 0. The first-order valence-corrected chi connectivity index (χ1v) is 6.65. The van der Waals surface area contributed by atoms with Gasteiger partial charge >= 0.3 is 5.97 Å². The zero-order valence-corrected chi connectivity index (χ0v) is 10.9. The molecule has 1 aliphatic carbocycles. The largest absolute Gasteiger partial charge is 0.479 e. The lowest BCUT2D eigenvalue weighted by molar-refractivity contribution is -0.159. The van der Waals surface area contributed by atoms with Crippen molar-refractivity contribution in [1.29, 1.82) is 0 Å². The van der Waals surface area contributed by atoms with Crippen LogP contribution in [0.15, 0.2) is 6.20 Å². The van der Waals surface area contributed by atoms with Crippen molar-refractivity contribution in [2.24, 2.45) is 0 Å². The smallest absolute Gasteiger partial charge is 0.334 e. The molecule has 1 amide bonds. The second-order valence-corrected chi connectivity index (χ2v) is 5.15. The summed E-state index contributed by atoms with van der Waals surface area (Å²) >= 11 is 0. The highest BCUT2D eigenvalue weighted by Gasteiger charge is 2.30. The average molecular weight is 280 g/mol. The van der Waals surface area contributed by atoms with E-state index in [0.29, 0.717) is 12.5 Å². The second kappa shape index (κ2) is 5.20. The summed E-state index contributed by atoms with van der Waals surface area (Å²) in [6.07, 6.45) is 3.13. The number of aromatic nitrogens is 3. The Bertz CT molecular complexity index is 525. The van der Waals surface area contributed by atoms with Gasteiger partial charge in [-0.3, -0.25) is 4.79 Å². The highest BCUT2D eigenvalue weighted by Crippen LogP contribution is 2.38. The van der Waals surface area contributed by atoms with Crippen LogP contribution < -0.4 is 0 Å². The Kier molecular flexibility index (Phi) is 3.39. The van der Waals surface area contributed by atoms with Gasteiger partial charge in [0, 0.05) is 18.7 Å². The lowest BCUT2D eigenvalue weighted by atomic mass is 10.2. The first-order valence-electron chi connectivity index (χ1n) is 6.65. The maximum atomic E-state index is 12.1. The summed E-state index contributed by atoms with van der Waals surface area (Å²) in [7, 11) is 0. The zero-order valence-electron chi connectivity index (χ0n) is 10.9. The molecule has 8 heteroatoms. The van der Waals surface area contributed by atoms with Crippen molar-refractivity contribution in [3.63, 3.8) is 0 Å². The van der Waals surface area contributed by atoms with Gasteiger partial charge in [-0.05, 0) is 12.8 Å². The number of aliphatic carboxylic acids is 1. The van der Waals surface area contributed by atoms with Gasteiger partial charge in [0.25, 0.3) is 0 Å². The zero-order chi connectivity index (χ0) is 14.1. The normalized spacial score (nSPS) is 22.8. The molecule has 1 N–H and O–H groups in total. The predicted molar refractivity (Wildman–Crippen MR) is 66.0 cm³/mol. The molecule has 2 aliphatic rings. The fourth-order valence-electron chi connectivity index (χ4n) is 2.22. The van der Waals surface area contributed by atoms with E-state index >= 15 is 0 Å². The fourth-order valence-corrected chi connectivity index (χ4v) is 2.22. The summed E-state index contributed by atoms with van der Waals surface area (Å²) in [4.78, 5) is 24.5. The Morgan fingerprint density at radius 1 is 1.45 bits per heavy atom. The van der Waals surface area contributed by atoms with Crippen molar-refractivity contribution in [3.8, 4) is 0 Å². The van der Waals surface area contributed by atoms with E-state index < -0.39 is 12.1 Å². The van der Waals surface area contributed by atoms with Gasteiger partial charge < -0.3 is 14.7 Å². The maximum Gasteiger partial charge on any atom is 0.334 e. The molecule has 2 heterocycles. The summed E-state index contributed by atoms with van der Waals surface area (Å²) in [5.74, 6) is -0.704. The number of ether oxygens (including phenoxy) is 1. The molecule has 20 heavy (non-hydrogen) atoms. The first-order chi connectivity index (χ1) is 9.63. The molecular weight excluding hydrogens is 264 g/mol. The number of rotatable bonds is 4. The maximum absolute atomic E-state index is 12.1. The molecule has 0 spiro atoms. The summed E-state index contributed by atoms with van der Waals surface area (Å²) in [6.45, 7) is 0.824. The lowest BCUT2D eigenvalue weighted by Crippen LogP contribution is -2.49. The molecule has 1 aromatic rings. The monoisotopic (exact) mass is 280 g/mol. The van der Waals surface area contributed by atoms with Crippen molar-refractivity contribution >= 4 is 11.9 Å². The van der Waals surface area contributed by atoms with Crippen LogP contribution in [0.2, 0.25) is 0 Å². The van der Waals surface area contributed by atoms with Crippen LogP contribution in [0.1, 0.15) is 24.5 Å².